The Morgan fingerprint density at radius 1 is 1.47 bits per heavy atom. The molecule has 0 aromatic carbocycles. The van der Waals surface area contributed by atoms with E-state index in [1.54, 1.807) is 4.90 Å². The molecular formula is C12H18ClN3O. The number of halogens is 1. The fourth-order valence-corrected chi connectivity index (χ4v) is 2.52. The van der Waals surface area contributed by atoms with Gasteiger partial charge in [0.2, 0.25) is 5.91 Å². The van der Waals surface area contributed by atoms with Gasteiger partial charge in [0.05, 0.1) is 12.1 Å². The van der Waals surface area contributed by atoms with Gasteiger partial charge in [0.1, 0.15) is 6.04 Å². The van der Waals surface area contributed by atoms with Crippen molar-refractivity contribution in [2.24, 2.45) is 0 Å². The van der Waals surface area contributed by atoms with Crippen molar-refractivity contribution in [1.29, 1.82) is 5.26 Å². The summed E-state index contributed by atoms with van der Waals surface area (Å²) in [4.78, 5) is 13.9. The van der Waals surface area contributed by atoms with Crippen LogP contribution >= 0.6 is 12.4 Å². The normalized spacial score (nSPS) is 31.7. The van der Waals surface area contributed by atoms with E-state index in [2.05, 4.69) is 18.0 Å². The minimum Gasteiger partial charge on any atom is -0.325 e. The smallest absolute Gasteiger partial charge is 0.240 e. The summed E-state index contributed by atoms with van der Waals surface area (Å²) in [5.41, 5.74) is 0. The number of amides is 1. The number of carbonyl (C=O) groups excluding carboxylic acids is 1. The van der Waals surface area contributed by atoms with Crippen LogP contribution < -0.4 is 5.32 Å². The van der Waals surface area contributed by atoms with Crippen LogP contribution in [0, 0.1) is 11.3 Å². The van der Waals surface area contributed by atoms with E-state index in [1.165, 1.54) is 0 Å². The molecule has 0 radical (unpaired) electrons. The molecule has 2 rings (SSSR count). The molecule has 5 heteroatoms. The Bertz CT molecular complexity index is 339. The molecule has 2 aliphatic heterocycles. The van der Waals surface area contributed by atoms with Gasteiger partial charge < -0.3 is 4.90 Å². The quantitative estimate of drug-likeness (QED) is 0.755. The third-order valence-corrected chi connectivity index (χ3v) is 3.45. The average Bonchev–Trinajstić information content (AvgIpc) is 2.96. The standard InChI is InChI=1S/C12H17N3O.ClH/c1-2-9-5-6-11(14-9)12(16)15-7-3-4-10(15)8-13;/h2,9-11,14H,1,3-7H2;1H/t9?,10-,11-;/m0./s1. The van der Waals surface area contributed by atoms with Crippen LogP contribution in [-0.2, 0) is 4.79 Å². The molecule has 1 unspecified atom stereocenters. The maximum Gasteiger partial charge on any atom is 0.240 e. The number of nitrogens with one attached hydrogen (secondary N) is 1. The molecule has 4 nitrogen and oxygen atoms in total. The number of nitriles is 1. The highest BCUT2D eigenvalue weighted by molar-refractivity contribution is 5.85. The molecule has 3 atom stereocenters. The first kappa shape index (κ1) is 14.0. The fraction of sp³-hybridized carbons (Fsp3) is 0.667. The second-order valence-corrected chi connectivity index (χ2v) is 4.46. The van der Waals surface area contributed by atoms with Gasteiger partial charge in [-0.05, 0) is 25.7 Å². The van der Waals surface area contributed by atoms with Crippen molar-refractivity contribution in [3.63, 3.8) is 0 Å². The number of likely N-dealkylation sites (tertiary alicyclic amines) is 1. The van der Waals surface area contributed by atoms with Crippen LogP contribution in [0.3, 0.4) is 0 Å². The lowest BCUT2D eigenvalue weighted by molar-refractivity contribution is -0.133. The zero-order chi connectivity index (χ0) is 11.5. The highest BCUT2D eigenvalue weighted by Gasteiger charge is 2.35. The number of hydrogen-bond donors (Lipinski definition) is 1. The molecule has 0 aromatic rings. The predicted molar refractivity (Wildman–Crippen MR) is 67.7 cm³/mol. The first-order chi connectivity index (χ1) is 7.76. The highest BCUT2D eigenvalue weighted by atomic mass is 35.5. The molecule has 1 N–H and O–H groups in total. The van der Waals surface area contributed by atoms with E-state index in [4.69, 9.17) is 5.26 Å². The maximum absolute atomic E-state index is 12.2. The van der Waals surface area contributed by atoms with Gasteiger partial charge in [-0.25, -0.2) is 0 Å². The van der Waals surface area contributed by atoms with Crippen molar-refractivity contribution in [1.82, 2.24) is 10.2 Å². The molecule has 2 saturated heterocycles. The summed E-state index contributed by atoms with van der Waals surface area (Å²) in [5, 5.41) is 12.2. The molecule has 2 fully saturated rings. The molecule has 0 spiro atoms. The first-order valence-corrected chi connectivity index (χ1v) is 5.85. The number of rotatable bonds is 2. The molecule has 0 bridgehead atoms. The summed E-state index contributed by atoms with van der Waals surface area (Å²) >= 11 is 0. The second kappa shape index (κ2) is 6.04. The van der Waals surface area contributed by atoms with Gasteiger partial charge in [0.15, 0.2) is 0 Å². The van der Waals surface area contributed by atoms with Gasteiger partial charge in [0.25, 0.3) is 0 Å². The van der Waals surface area contributed by atoms with Gasteiger partial charge in [-0.3, -0.25) is 10.1 Å². The van der Waals surface area contributed by atoms with E-state index in [0.717, 1.165) is 32.2 Å². The molecule has 94 valence electrons. The van der Waals surface area contributed by atoms with E-state index in [-0.39, 0.29) is 36.4 Å². The minimum absolute atomic E-state index is 0. The Kier molecular flexibility index (Phi) is 4.98. The Morgan fingerprint density at radius 2 is 2.24 bits per heavy atom. The Morgan fingerprint density at radius 3 is 2.82 bits per heavy atom. The molecule has 1 amide bonds. The minimum atomic E-state index is -0.211. The molecule has 0 aromatic heterocycles. The maximum atomic E-state index is 12.2. The summed E-state index contributed by atoms with van der Waals surface area (Å²) in [6.07, 6.45) is 5.43. The van der Waals surface area contributed by atoms with E-state index in [0.29, 0.717) is 0 Å². The van der Waals surface area contributed by atoms with Crippen LogP contribution in [0.4, 0.5) is 0 Å². The Hall–Kier alpha value is -1.05. The van der Waals surface area contributed by atoms with Crippen molar-refractivity contribution in [3.05, 3.63) is 12.7 Å². The van der Waals surface area contributed by atoms with E-state index in [1.807, 2.05) is 6.08 Å². The van der Waals surface area contributed by atoms with Gasteiger partial charge in [0, 0.05) is 12.6 Å². The van der Waals surface area contributed by atoms with Crippen LogP contribution in [0.1, 0.15) is 25.7 Å². The van der Waals surface area contributed by atoms with Crippen molar-refractivity contribution in [2.75, 3.05) is 6.54 Å². The van der Waals surface area contributed by atoms with Crippen LogP contribution in [0.5, 0.6) is 0 Å². The summed E-state index contributed by atoms with van der Waals surface area (Å²) in [6, 6.07) is 2.12. The van der Waals surface area contributed by atoms with Gasteiger partial charge in [-0.15, -0.1) is 19.0 Å². The van der Waals surface area contributed by atoms with Crippen molar-refractivity contribution >= 4 is 18.3 Å². The lowest BCUT2D eigenvalue weighted by Gasteiger charge is -2.23. The van der Waals surface area contributed by atoms with E-state index >= 15 is 0 Å². The topological polar surface area (TPSA) is 56.1 Å². The SMILES string of the molecule is C=CC1CC[C@@H](C(=O)N2CCC[C@H]2C#N)N1.Cl. The van der Waals surface area contributed by atoms with E-state index < -0.39 is 0 Å². The second-order valence-electron chi connectivity index (χ2n) is 4.46. The molecule has 0 saturated carbocycles. The van der Waals surface area contributed by atoms with Gasteiger partial charge in [-0.1, -0.05) is 6.08 Å². The lowest BCUT2D eigenvalue weighted by Crippen LogP contribution is -2.46. The number of carbonyl (C=O) groups is 1. The Labute approximate surface area is 108 Å². The number of hydrogen-bond acceptors (Lipinski definition) is 3. The monoisotopic (exact) mass is 255 g/mol. The summed E-state index contributed by atoms with van der Waals surface area (Å²) in [6.45, 7) is 4.46. The van der Waals surface area contributed by atoms with Gasteiger partial charge >= 0.3 is 0 Å². The molecule has 2 heterocycles. The van der Waals surface area contributed by atoms with Crippen LogP contribution in [0.2, 0.25) is 0 Å². The number of nitrogens with zero attached hydrogens (tertiary/aromatic N) is 2. The van der Waals surface area contributed by atoms with Gasteiger partial charge in [-0.2, -0.15) is 5.26 Å². The van der Waals surface area contributed by atoms with Crippen LogP contribution in [0.15, 0.2) is 12.7 Å². The van der Waals surface area contributed by atoms with Crippen LogP contribution in [0.25, 0.3) is 0 Å². The molecular weight excluding hydrogens is 238 g/mol. The summed E-state index contributed by atoms with van der Waals surface area (Å²) < 4.78 is 0. The predicted octanol–water partition coefficient (Wildman–Crippen LogP) is 1.23. The molecule has 0 aliphatic carbocycles. The summed E-state index contributed by atoms with van der Waals surface area (Å²) in [7, 11) is 0. The first-order valence-electron chi connectivity index (χ1n) is 5.85. The Balaban J connectivity index is 0.00000144. The summed E-state index contributed by atoms with van der Waals surface area (Å²) in [5.74, 6) is 0.0911. The lowest BCUT2D eigenvalue weighted by atomic mass is 10.1. The zero-order valence-corrected chi connectivity index (χ0v) is 10.6. The highest BCUT2D eigenvalue weighted by Crippen LogP contribution is 2.21. The average molecular weight is 256 g/mol. The van der Waals surface area contributed by atoms with Crippen molar-refractivity contribution < 1.29 is 4.79 Å². The van der Waals surface area contributed by atoms with Crippen molar-refractivity contribution in [2.45, 2.75) is 43.8 Å². The third kappa shape index (κ3) is 2.80. The fourth-order valence-electron chi connectivity index (χ4n) is 2.52. The zero-order valence-electron chi connectivity index (χ0n) is 9.76. The largest absolute Gasteiger partial charge is 0.325 e. The van der Waals surface area contributed by atoms with E-state index in [9.17, 15) is 4.79 Å². The molecule has 17 heavy (non-hydrogen) atoms. The van der Waals surface area contributed by atoms with Crippen molar-refractivity contribution in [3.8, 4) is 6.07 Å². The third-order valence-electron chi connectivity index (χ3n) is 3.45. The molecule has 2 aliphatic rings. The van der Waals surface area contributed by atoms with Crippen LogP contribution in [-0.4, -0.2) is 35.5 Å².